The van der Waals surface area contributed by atoms with E-state index in [2.05, 4.69) is 11.4 Å². The number of fused-ring (bicyclic) bond motifs is 1. The Kier molecular flexibility index (Phi) is 3.52. The van der Waals surface area contributed by atoms with Gasteiger partial charge in [0.25, 0.3) is 0 Å². The minimum Gasteiger partial charge on any atom is -0.493 e. The Balaban J connectivity index is 2.31. The van der Waals surface area contributed by atoms with Crippen LogP contribution in [-0.2, 0) is 17.6 Å². The quantitative estimate of drug-likeness (QED) is 0.800. The van der Waals surface area contributed by atoms with Gasteiger partial charge in [0.1, 0.15) is 0 Å². The second-order valence-corrected chi connectivity index (χ2v) is 4.16. The Morgan fingerprint density at radius 1 is 1.35 bits per heavy atom. The van der Waals surface area contributed by atoms with Crippen LogP contribution in [0.15, 0.2) is 12.1 Å². The molecule has 4 nitrogen and oxygen atoms in total. The molecule has 1 aromatic rings. The summed E-state index contributed by atoms with van der Waals surface area (Å²) in [4.78, 5) is 10.5. The molecule has 0 aliphatic heterocycles. The average Bonchev–Trinajstić information content (AvgIpc) is 2.37. The van der Waals surface area contributed by atoms with Gasteiger partial charge in [-0.1, -0.05) is 6.07 Å². The van der Waals surface area contributed by atoms with E-state index in [4.69, 9.17) is 9.47 Å². The largest absolute Gasteiger partial charge is 0.493 e. The van der Waals surface area contributed by atoms with Crippen LogP contribution in [0.4, 0.5) is 0 Å². The average molecular weight is 235 g/mol. The van der Waals surface area contributed by atoms with Crippen molar-refractivity contribution in [3.8, 4) is 11.5 Å². The molecule has 0 saturated carbocycles. The van der Waals surface area contributed by atoms with Gasteiger partial charge in [-0.3, -0.25) is 4.79 Å². The molecule has 0 saturated heterocycles. The van der Waals surface area contributed by atoms with E-state index in [9.17, 15) is 4.79 Å². The second-order valence-electron chi connectivity index (χ2n) is 4.16. The number of methoxy groups -OCH3 is 2. The van der Waals surface area contributed by atoms with Crippen LogP contribution in [0.5, 0.6) is 11.5 Å². The molecule has 0 heterocycles. The fourth-order valence-corrected chi connectivity index (χ4v) is 2.42. The first kappa shape index (κ1) is 11.8. The van der Waals surface area contributed by atoms with Crippen molar-refractivity contribution in [3.63, 3.8) is 0 Å². The van der Waals surface area contributed by atoms with Gasteiger partial charge in [0.15, 0.2) is 11.5 Å². The molecule has 0 spiro atoms. The molecule has 1 aliphatic carbocycles. The number of ether oxygens (including phenoxy) is 2. The fourth-order valence-electron chi connectivity index (χ4n) is 2.42. The predicted molar refractivity (Wildman–Crippen MR) is 64.6 cm³/mol. The first-order chi connectivity index (χ1) is 8.30. The fraction of sp³-hybridized carbons (Fsp3) is 0.462. The number of benzene rings is 1. The lowest BCUT2D eigenvalue weighted by Crippen LogP contribution is -2.33. The number of rotatable bonds is 4. The van der Waals surface area contributed by atoms with Crippen molar-refractivity contribution in [1.29, 1.82) is 0 Å². The van der Waals surface area contributed by atoms with E-state index >= 15 is 0 Å². The molecule has 2 rings (SSSR count). The van der Waals surface area contributed by atoms with Crippen LogP contribution in [-0.4, -0.2) is 26.7 Å². The van der Waals surface area contributed by atoms with Crippen LogP contribution >= 0.6 is 0 Å². The minimum atomic E-state index is 0.234. The van der Waals surface area contributed by atoms with E-state index in [1.807, 2.05) is 6.07 Å². The van der Waals surface area contributed by atoms with Gasteiger partial charge in [-0.2, -0.15) is 0 Å². The molecule has 0 bridgehead atoms. The van der Waals surface area contributed by atoms with Gasteiger partial charge >= 0.3 is 0 Å². The lowest BCUT2D eigenvalue weighted by atomic mass is 9.87. The highest BCUT2D eigenvalue weighted by molar-refractivity contribution is 5.53. The van der Waals surface area contributed by atoms with E-state index < -0.39 is 0 Å². The van der Waals surface area contributed by atoms with Crippen LogP contribution in [0.25, 0.3) is 0 Å². The molecular weight excluding hydrogens is 218 g/mol. The number of nitrogens with one attached hydrogen (secondary N) is 1. The Bertz CT molecular complexity index is 417. The van der Waals surface area contributed by atoms with Crippen LogP contribution in [0.1, 0.15) is 17.5 Å². The van der Waals surface area contributed by atoms with E-state index in [0.29, 0.717) is 0 Å². The van der Waals surface area contributed by atoms with Crippen LogP contribution in [0.2, 0.25) is 0 Å². The summed E-state index contributed by atoms with van der Waals surface area (Å²) in [5.41, 5.74) is 2.43. The molecule has 17 heavy (non-hydrogen) atoms. The van der Waals surface area contributed by atoms with Crippen molar-refractivity contribution in [2.75, 3.05) is 14.2 Å². The highest BCUT2D eigenvalue weighted by Crippen LogP contribution is 2.37. The van der Waals surface area contributed by atoms with Crippen molar-refractivity contribution in [3.05, 3.63) is 23.3 Å². The normalized spacial score (nSPS) is 18.1. The summed E-state index contributed by atoms with van der Waals surface area (Å²) < 4.78 is 10.7. The maximum Gasteiger partial charge on any atom is 0.207 e. The van der Waals surface area contributed by atoms with Crippen molar-refractivity contribution in [2.24, 2.45) is 0 Å². The third-order valence-electron chi connectivity index (χ3n) is 3.26. The van der Waals surface area contributed by atoms with E-state index in [0.717, 1.165) is 37.2 Å². The summed E-state index contributed by atoms with van der Waals surface area (Å²) in [6, 6.07) is 4.20. The molecule has 1 atom stereocenters. The Morgan fingerprint density at radius 2 is 2.18 bits per heavy atom. The number of hydrogen-bond acceptors (Lipinski definition) is 3. The Labute approximate surface area is 101 Å². The molecule has 0 fully saturated rings. The number of carbonyl (C=O) groups excluding carboxylic acids is 1. The summed E-state index contributed by atoms with van der Waals surface area (Å²) in [7, 11) is 3.30. The molecular formula is C13H17NO3. The summed E-state index contributed by atoms with van der Waals surface area (Å²) >= 11 is 0. The SMILES string of the molecule is COc1ccc2c(c1OC)CC[C@H](NC=O)C2. The monoisotopic (exact) mass is 235 g/mol. The first-order valence-electron chi connectivity index (χ1n) is 5.72. The number of amides is 1. The third kappa shape index (κ3) is 2.20. The summed E-state index contributed by atoms with van der Waals surface area (Å²) in [6.07, 6.45) is 3.47. The van der Waals surface area contributed by atoms with E-state index in [1.165, 1.54) is 11.1 Å². The third-order valence-corrected chi connectivity index (χ3v) is 3.26. The van der Waals surface area contributed by atoms with E-state index in [-0.39, 0.29) is 6.04 Å². The molecule has 0 unspecified atom stereocenters. The first-order valence-corrected chi connectivity index (χ1v) is 5.72. The molecule has 1 amide bonds. The van der Waals surface area contributed by atoms with Crippen LogP contribution in [0, 0.1) is 0 Å². The van der Waals surface area contributed by atoms with Crippen molar-refractivity contribution in [2.45, 2.75) is 25.3 Å². The van der Waals surface area contributed by atoms with Gasteiger partial charge < -0.3 is 14.8 Å². The zero-order valence-electron chi connectivity index (χ0n) is 10.2. The van der Waals surface area contributed by atoms with Crippen molar-refractivity contribution >= 4 is 6.41 Å². The number of carbonyl (C=O) groups is 1. The highest BCUT2D eigenvalue weighted by atomic mass is 16.5. The van der Waals surface area contributed by atoms with Gasteiger partial charge in [0.05, 0.1) is 14.2 Å². The molecule has 1 N–H and O–H groups in total. The predicted octanol–water partition coefficient (Wildman–Crippen LogP) is 1.31. The van der Waals surface area contributed by atoms with Crippen molar-refractivity contribution < 1.29 is 14.3 Å². The summed E-state index contributed by atoms with van der Waals surface area (Å²) in [5.74, 6) is 1.60. The Hall–Kier alpha value is -1.71. The van der Waals surface area contributed by atoms with Gasteiger partial charge in [-0.15, -0.1) is 0 Å². The topological polar surface area (TPSA) is 47.6 Å². The Morgan fingerprint density at radius 3 is 2.82 bits per heavy atom. The molecule has 1 aliphatic rings. The lowest BCUT2D eigenvalue weighted by Gasteiger charge is -2.26. The lowest BCUT2D eigenvalue weighted by molar-refractivity contribution is -0.110. The summed E-state index contributed by atoms with van der Waals surface area (Å²) in [5, 5.41) is 2.84. The molecule has 0 radical (unpaired) electrons. The van der Waals surface area contributed by atoms with E-state index in [1.54, 1.807) is 14.2 Å². The molecule has 92 valence electrons. The molecule has 0 aromatic heterocycles. The summed E-state index contributed by atoms with van der Waals surface area (Å²) in [6.45, 7) is 0. The molecule has 1 aromatic carbocycles. The standard InChI is InChI=1S/C13H17NO3/c1-16-12-6-3-9-7-10(14-8-15)4-5-11(9)13(12)17-2/h3,6,8,10H,4-5,7H2,1-2H3,(H,14,15)/t10-/m0/s1. The van der Waals surface area contributed by atoms with Gasteiger partial charge in [-0.25, -0.2) is 0 Å². The maximum absolute atomic E-state index is 10.5. The van der Waals surface area contributed by atoms with Crippen molar-refractivity contribution in [1.82, 2.24) is 5.32 Å². The minimum absolute atomic E-state index is 0.234. The van der Waals surface area contributed by atoms with Gasteiger partial charge in [0, 0.05) is 11.6 Å². The van der Waals surface area contributed by atoms with Crippen LogP contribution < -0.4 is 14.8 Å². The van der Waals surface area contributed by atoms with Gasteiger partial charge in [-0.05, 0) is 30.9 Å². The second kappa shape index (κ2) is 5.08. The molecule has 4 heteroatoms. The van der Waals surface area contributed by atoms with Gasteiger partial charge in [0.2, 0.25) is 6.41 Å². The smallest absolute Gasteiger partial charge is 0.207 e. The zero-order valence-corrected chi connectivity index (χ0v) is 10.2. The highest BCUT2D eigenvalue weighted by Gasteiger charge is 2.22. The number of hydrogen-bond donors (Lipinski definition) is 1. The zero-order chi connectivity index (χ0) is 12.3. The van der Waals surface area contributed by atoms with Crippen LogP contribution in [0.3, 0.4) is 0 Å². The maximum atomic E-state index is 10.5.